The maximum Gasteiger partial charge on any atom is 0.231 e. The second kappa shape index (κ2) is 5.15. The summed E-state index contributed by atoms with van der Waals surface area (Å²) in [6.45, 7) is 4.59. The maximum absolute atomic E-state index is 6.12. The Morgan fingerprint density at radius 1 is 1.35 bits per heavy atom. The van der Waals surface area contributed by atoms with Gasteiger partial charge < -0.3 is 15.2 Å². The standard InChI is InChI=1S/C13H18ClNO2/c1-8(2)3-10(15)4-9-5-11(14)13-12(6-9)16-7-17-13/h5-6,8,10H,3-4,7,15H2,1-2H3. The molecule has 1 unspecified atom stereocenters. The molecule has 1 aliphatic heterocycles. The lowest BCUT2D eigenvalue weighted by Crippen LogP contribution is -2.24. The van der Waals surface area contributed by atoms with Crippen LogP contribution in [-0.2, 0) is 6.42 Å². The molecule has 94 valence electrons. The van der Waals surface area contributed by atoms with Crippen molar-refractivity contribution < 1.29 is 9.47 Å². The fraction of sp³-hybridized carbons (Fsp3) is 0.538. The zero-order valence-electron chi connectivity index (χ0n) is 10.2. The Morgan fingerprint density at radius 3 is 2.82 bits per heavy atom. The van der Waals surface area contributed by atoms with Crippen molar-refractivity contribution in [2.45, 2.75) is 32.7 Å². The summed E-state index contributed by atoms with van der Waals surface area (Å²) in [6.07, 6.45) is 1.82. The van der Waals surface area contributed by atoms with Gasteiger partial charge in [-0.25, -0.2) is 0 Å². The lowest BCUT2D eigenvalue weighted by atomic mass is 9.98. The van der Waals surface area contributed by atoms with E-state index >= 15 is 0 Å². The third-order valence-electron chi connectivity index (χ3n) is 2.76. The number of hydrogen-bond donors (Lipinski definition) is 1. The lowest BCUT2D eigenvalue weighted by Gasteiger charge is -2.14. The topological polar surface area (TPSA) is 44.5 Å². The lowest BCUT2D eigenvalue weighted by molar-refractivity contribution is 0.174. The Balaban J connectivity index is 2.09. The normalized spacial score (nSPS) is 15.4. The van der Waals surface area contributed by atoms with Crippen LogP contribution in [0.1, 0.15) is 25.8 Å². The van der Waals surface area contributed by atoms with E-state index in [9.17, 15) is 0 Å². The molecule has 0 spiro atoms. The molecule has 2 N–H and O–H groups in total. The molecule has 1 atom stereocenters. The van der Waals surface area contributed by atoms with Crippen LogP contribution in [0.4, 0.5) is 0 Å². The molecular weight excluding hydrogens is 238 g/mol. The molecule has 0 saturated heterocycles. The van der Waals surface area contributed by atoms with E-state index in [2.05, 4.69) is 13.8 Å². The van der Waals surface area contributed by atoms with Crippen LogP contribution in [0.25, 0.3) is 0 Å². The van der Waals surface area contributed by atoms with Crippen molar-refractivity contribution in [1.82, 2.24) is 0 Å². The molecule has 0 fully saturated rings. The van der Waals surface area contributed by atoms with Gasteiger partial charge in [-0.3, -0.25) is 0 Å². The molecule has 1 aromatic carbocycles. The molecule has 1 aromatic rings. The summed E-state index contributed by atoms with van der Waals surface area (Å²) in [7, 11) is 0. The van der Waals surface area contributed by atoms with Gasteiger partial charge in [0.2, 0.25) is 6.79 Å². The molecule has 1 heterocycles. The van der Waals surface area contributed by atoms with E-state index in [-0.39, 0.29) is 12.8 Å². The summed E-state index contributed by atoms with van der Waals surface area (Å²) < 4.78 is 10.6. The molecule has 0 radical (unpaired) electrons. The van der Waals surface area contributed by atoms with E-state index in [1.54, 1.807) is 0 Å². The Kier molecular flexibility index (Phi) is 3.79. The van der Waals surface area contributed by atoms with Gasteiger partial charge in [-0.05, 0) is 36.5 Å². The van der Waals surface area contributed by atoms with Gasteiger partial charge in [-0.1, -0.05) is 25.4 Å². The molecule has 1 aliphatic rings. The number of rotatable bonds is 4. The molecule has 0 amide bonds. The number of hydrogen-bond acceptors (Lipinski definition) is 3. The van der Waals surface area contributed by atoms with Crippen LogP contribution < -0.4 is 15.2 Å². The second-order valence-electron chi connectivity index (χ2n) is 4.91. The quantitative estimate of drug-likeness (QED) is 0.900. The predicted molar refractivity (Wildman–Crippen MR) is 68.7 cm³/mol. The zero-order chi connectivity index (χ0) is 12.4. The van der Waals surface area contributed by atoms with E-state index in [0.29, 0.717) is 16.7 Å². The summed E-state index contributed by atoms with van der Waals surface area (Å²) in [4.78, 5) is 0. The molecule has 17 heavy (non-hydrogen) atoms. The largest absolute Gasteiger partial charge is 0.454 e. The first-order valence-electron chi connectivity index (χ1n) is 5.90. The monoisotopic (exact) mass is 255 g/mol. The SMILES string of the molecule is CC(C)CC(N)Cc1cc(Cl)c2c(c1)OCO2. The highest BCUT2D eigenvalue weighted by atomic mass is 35.5. The van der Waals surface area contributed by atoms with E-state index in [4.69, 9.17) is 26.8 Å². The van der Waals surface area contributed by atoms with Crippen LogP contribution in [0.2, 0.25) is 5.02 Å². The third-order valence-corrected chi connectivity index (χ3v) is 3.04. The first-order chi connectivity index (χ1) is 8.06. The first-order valence-corrected chi connectivity index (χ1v) is 6.27. The van der Waals surface area contributed by atoms with Gasteiger partial charge in [0.05, 0.1) is 5.02 Å². The first kappa shape index (κ1) is 12.5. The minimum absolute atomic E-state index is 0.159. The van der Waals surface area contributed by atoms with Crippen LogP contribution in [0.3, 0.4) is 0 Å². The van der Waals surface area contributed by atoms with Gasteiger partial charge in [-0.2, -0.15) is 0 Å². The number of ether oxygens (including phenoxy) is 2. The van der Waals surface area contributed by atoms with Crippen molar-refractivity contribution in [3.8, 4) is 11.5 Å². The smallest absolute Gasteiger partial charge is 0.231 e. The van der Waals surface area contributed by atoms with Crippen molar-refractivity contribution in [1.29, 1.82) is 0 Å². The average molecular weight is 256 g/mol. The van der Waals surface area contributed by atoms with Crippen LogP contribution >= 0.6 is 11.6 Å². The molecular formula is C13H18ClNO2. The highest BCUT2D eigenvalue weighted by molar-refractivity contribution is 6.32. The van der Waals surface area contributed by atoms with Crippen molar-refractivity contribution in [2.75, 3.05) is 6.79 Å². The van der Waals surface area contributed by atoms with Gasteiger partial charge in [0.25, 0.3) is 0 Å². The molecule has 0 saturated carbocycles. The number of fused-ring (bicyclic) bond motifs is 1. The summed E-state index contributed by atoms with van der Waals surface area (Å²) in [6, 6.07) is 4.04. The van der Waals surface area contributed by atoms with Crippen molar-refractivity contribution in [3.05, 3.63) is 22.7 Å². The van der Waals surface area contributed by atoms with E-state index in [1.165, 1.54) is 0 Å². The van der Waals surface area contributed by atoms with Crippen LogP contribution in [0.5, 0.6) is 11.5 Å². The Morgan fingerprint density at radius 2 is 2.12 bits per heavy atom. The Labute approximate surface area is 107 Å². The highest BCUT2D eigenvalue weighted by Crippen LogP contribution is 2.40. The zero-order valence-corrected chi connectivity index (χ0v) is 11.0. The molecule has 0 bridgehead atoms. The summed E-state index contributed by atoms with van der Waals surface area (Å²) in [5.74, 6) is 1.98. The van der Waals surface area contributed by atoms with Gasteiger partial charge >= 0.3 is 0 Å². The summed E-state index contributed by atoms with van der Waals surface area (Å²) >= 11 is 6.12. The minimum atomic E-state index is 0.159. The summed E-state index contributed by atoms with van der Waals surface area (Å²) in [5, 5.41) is 0.603. The third kappa shape index (κ3) is 3.05. The highest BCUT2D eigenvalue weighted by Gasteiger charge is 2.19. The molecule has 3 nitrogen and oxygen atoms in total. The average Bonchev–Trinajstić information content (AvgIpc) is 2.64. The maximum atomic E-state index is 6.12. The predicted octanol–water partition coefficient (Wildman–Crippen LogP) is 2.98. The van der Waals surface area contributed by atoms with Crippen molar-refractivity contribution in [3.63, 3.8) is 0 Å². The Bertz CT molecular complexity index is 407. The number of nitrogens with two attached hydrogens (primary N) is 1. The fourth-order valence-corrected chi connectivity index (χ4v) is 2.42. The van der Waals surface area contributed by atoms with Crippen LogP contribution in [0.15, 0.2) is 12.1 Å². The van der Waals surface area contributed by atoms with Crippen molar-refractivity contribution >= 4 is 11.6 Å². The van der Waals surface area contributed by atoms with Gasteiger partial charge in [0.1, 0.15) is 0 Å². The molecule has 4 heteroatoms. The number of halogens is 1. The van der Waals surface area contributed by atoms with Gasteiger partial charge in [0, 0.05) is 6.04 Å². The van der Waals surface area contributed by atoms with E-state index in [0.717, 1.165) is 24.2 Å². The van der Waals surface area contributed by atoms with E-state index < -0.39 is 0 Å². The van der Waals surface area contributed by atoms with Gasteiger partial charge in [0.15, 0.2) is 11.5 Å². The van der Waals surface area contributed by atoms with E-state index in [1.807, 2.05) is 12.1 Å². The molecule has 0 aliphatic carbocycles. The minimum Gasteiger partial charge on any atom is -0.454 e. The number of benzene rings is 1. The molecule has 0 aromatic heterocycles. The second-order valence-corrected chi connectivity index (χ2v) is 5.31. The van der Waals surface area contributed by atoms with Crippen molar-refractivity contribution in [2.24, 2.45) is 11.7 Å². The van der Waals surface area contributed by atoms with Gasteiger partial charge in [-0.15, -0.1) is 0 Å². The fourth-order valence-electron chi connectivity index (χ4n) is 2.13. The summed E-state index contributed by atoms with van der Waals surface area (Å²) in [5.41, 5.74) is 7.19. The van der Waals surface area contributed by atoms with Crippen LogP contribution in [-0.4, -0.2) is 12.8 Å². The Hall–Kier alpha value is -0.930. The molecule has 2 rings (SSSR count). The van der Waals surface area contributed by atoms with Crippen LogP contribution in [0, 0.1) is 5.92 Å².